The summed E-state index contributed by atoms with van der Waals surface area (Å²) in [4.78, 5) is 25.1. The molecule has 1 unspecified atom stereocenters. The summed E-state index contributed by atoms with van der Waals surface area (Å²) in [7, 11) is 0. The molecule has 2 aromatic rings. The van der Waals surface area contributed by atoms with Gasteiger partial charge in [0.1, 0.15) is 5.69 Å². The molecule has 1 N–H and O–H groups in total. The highest BCUT2D eigenvalue weighted by atomic mass is 16.5. The number of carboxylic acids is 1. The molecule has 0 saturated carbocycles. The Labute approximate surface area is 121 Å². The van der Waals surface area contributed by atoms with Gasteiger partial charge in [0.15, 0.2) is 5.58 Å². The molecule has 1 saturated heterocycles. The minimum atomic E-state index is -0.857. The number of carbonyl (C=O) groups is 2. The first-order valence-corrected chi connectivity index (χ1v) is 6.84. The van der Waals surface area contributed by atoms with E-state index in [4.69, 9.17) is 4.52 Å². The Hall–Kier alpha value is -2.37. The summed E-state index contributed by atoms with van der Waals surface area (Å²) in [6, 6.07) is 7.37. The molecule has 1 aliphatic rings. The first kappa shape index (κ1) is 13.6. The van der Waals surface area contributed by atoms with Gasteiger partial charge in [-0.05, 0) is 25.5 Å². The molecular weight excluding hydrogens is 272 g/mol. The fraction of sp³-hybridized carbons (Fsp3) is 0.400. The average Bonchev–Trinajstić information content (AvgIpc) is 3.05. The van der Waals surface area contributed by atoms with Crippen LogP contribution >= 0.6 is 0 Å². The van der Waals surface area contributed by atoms with Crippen molar-refractivity contribution in [3.63, 3.8) is 0 Å². The van der Waals surface area contributed by atoms with Crippen LogP contribution in [0.4, 0.5) is 0 Å². The molecule has 0 bridgehead atoms. The Morgan fingerprint density at radius 2 is 2.19 bits per heavy atom. The van der Waals surface area contributed by atoms with Crippen LogP contribution in [-0.4, -0.2) is 40.1 Å². The maximum atomic E-state index is 12.3. The minimum absolute atomic E-state index is 0.112. The molecule has 110 valence electrons. The van der Waals surface area contributed by atoms with Crippen molar-refractivity contribution in [2.24, 2.45) is 5.41 Å². The SMILES string of the molecule is CC1(C(=O)O)CCN(C(=O)Cc2noc3ccccc23)C1. The largest absolute Gasteiger partial charge is 0.481 e. The number of aliphatic carboxylic acids is 1. The van der Waals surface area contributed by atoms with Crippen molar-refractivity contribution in [1.29, 1.82) is 0 Å². The summed E-state index contributed by atoms with van der Waals surface area (Å²) >= 11 is 0. The van der Waals surface area contributed by atoms with E-state index in [1.54, 1.807) is 17.9 Å². The van der Waals surface area contributed by atoms with Crippen LogP contribution in [-0.2, 0) is 16.0 Å². The van der Waals surface area contributed by atoms with Crippen molar-refractivity contribution >= 4 is 22.8 Å². The maximum absolute atomic E-state index is 12.3. The minimum Gasteiger partial charge on any atom is -0.481 e. The normalized spacial score (nSPS) is 21.9. The highest BCUT2D eigenvalue weighted by Crippen LogP contribution is 2.30. The van der Waals surface area contributed by atoms with Gasteiger partial charge in [0, 0.05) is 18.5 Å². The van der Waals surface area contributed by atoms with Crippen LogP contribution in [0, 0.1) is 5.41 Å². The van der Waals surface area contributed by atoms with E-state index >= 15 is 0 Å². The number of benzene rings is 1. The van der Waals surface area contributed by atoms with Gasteiger partial charge in [-0.25, -0.2) is 0 Å². The van der Waals surface area contributed by atoms with E-state index in [-0.39, 0.29) is 18.9 Å². The van der Waals surface area contributed by atoms with Crippen molar-refractivity contribution in [3.8, 4) is 0 Å². The number of rotatable bonds is 3. The first-order valence-electron chi connectivity index (χ1n) is 6.84. The quantitative estimate of drug-likeness (QED) is 0.929. The number of likely N-dealkylation sites (tertiary alicyclic amines) is 1. The fourth-order valence-electron chi connectivity index (χ4n) is 2.67. The maximum Gasteiger partial charge on any atom is 0.311 e. The molecule has 1 aromatic heterocycles. The molecule has 1 amide bonds. The lowest BCUT2D eigenvalue weighted by atomic mass is 9.90. The molecule has 0 spiro atoms. The zero-order valence-corrected chi connectivity index (χ0v) is 11.7. The summed E-state index contributed by atoms with van der Waals surface area (Å²) in [5.74, 6) is -0.969. The highest BCUT2D eigenvalue weighted by molar-refractivity contribution is 5.87. The van der Waals surface area contributed by atoms with Crippen molar-refractivity contribution < 1.29 is 19.2 Å². The lowest BCUT2D eigenvalue weighted by molar-refractivity contribution is -0.147. The number of amides is 1. The van der Waals surface area contributed by atoms with Gasteiger partial charge in [-0.3, -0.25) is 9.59 Å². The Bertz CT molecular complexity index is 709. The van der Waals surface area contributed by atoms with Crippen LogP contribution < -0.4 is 0 Å². The van der Waals surface area contributed by atoms with Gasteiger partial charge in [0.05, 0.1) is 11.8 Å². The van der Waals surface area contributed by atoms with Gasteiger partial charge < -0.3 is 14.5 Å². The smallest absolute Gasteiger partial charge is 0.311 e. The molecule has 6 heteroatoms. The molecule has 0 radical (unpaired) electrons. The lowest BCUT2D eigenvalue weighted by Gasteiger charge is -2.19. The summed E-state index contributed by atoms with van der Waals surface area (Å²) in [6.45, 7) is 2.39. The van der Waals surface area contributed by atoms with Gasteiger partial charge in [-0.2, -0.15) is 0 Å². The molecule has 1 fully saturated rings. The molecule has 21 heavy (non-hydrogen) atoms. The number of hydrogen-bond donors (Lipinski definition) is 1. The van der Waals surface area contributed by atoms with Crippen molar-refractivity contribution in [1.82, 2.24) is 10.1 Å². The molecule has 1 aromatic carbocycles. The second-order valence-corrected chi connectivity index (χ2v) is 5.73. The monoisotopic (exact) mass is 288 g/mol. The van der Waals surface area contributed by atoms with Gasteiger partial charge in [0.25, 0.3) is 0 Å². The van der Waals surface area contributed by atoms with Crippen LogP contribution in [0.5, 0.6) is 0 Å². The topological polar surface area (TPSA) is 83.6 Å². The molecular formula is C15H16N2O4. The van der Waals surface area contributed by atoms with E-state index in [9.17, 15) is 14.7 Å². The van der Waals surface area contributed by atoms with Crippen molar-refractivity contribution in [2.75, 3.05) is 13.1 Å². The Balaban J connectivity index is 1.74. The Kier molecular flexibility index (Phi) is 3.16. The fourth-order valence-corrected chi connectivity index (χ4v) is 2.67. The van der Waals surface area contributed by atoms with E-state index in [0.717, 1.165) is 5.39 Å². The lowest BCUT2D eigenvalue weighted by Crippen LogP contribution is -2.35. The summed E-state index contributed by atoms with van der Waals surface area (Å²) in [5.41, 5.74) is 0.401. The van der Waals surface area contributed by atoms with Crippen molar-refractivity contribution in [2.45, 2.75) is 19.8 Å². The van der Waals surface area contributed by atoms with Crippen LogP contribution in [0.15, 0.2) is 28.8 Å². The van der Waals surface area contributed by atoms with Crippen molar-refractivity contribution in [3.05, 3.63) is 30.0 Å². The molecule has 6 nitrogen and oxygen atoms in total. The standard InChI is InChI=1S/C15H16N2O4/c1-15(14(19)20)6-7-17(9-15)13(18)8-11-10-4-2-3-5-12(10)21-16-11/h2-5H,6-9H2,1H3,(H,19,20). The van der Waals surface area contributed by atoms with Crippen LogP contribution in [0.2, 0.25) is 0 Å². The van der Waals surface area contributed by atoms with E-state index in [2.05, 4.69) is 5.16 Å². The van der Waals surface area contributed by atoms with Gasteiger partial charge in [0.2, 0.25) is 5.91 Å². The van der Waals surface area contributed by atoms with E-state index in [1.807, 2.05) is 18.2 Å². The summed E-state index contributed by atoms with van der Waals surface area (Å²) in [6.07, 6.45) is 0.611. The third-order valence-electron chi connectivity index (χ3n) is 4.11. The molecule has 1 atom stereocenters. The average molecular weight is 288 g/mol. The zero-order valence-electron chi connectivity index (χ0n) is 11.7. The molecule has 0 aliphatic carbocycles. The number of hydrogen-bond acceptors (Lipinski definition) is 4. The second-order valence-electron chi connectivity index (χ2n) is 5.73. The van der Waals surface area contributed by atoms with E-state index in [0.29, 0.717) is 24.2 Å². The highest BCUT2D eigenvalue weighted by Gasteiger charge is 2.42. The molecule has 1 aliphatic heterocycles. The number of para-hydroxylation sites is 1. The van der Waals surface area contributed by atoms with Gasteiger partial charge in [-0.15, -0.1) is 0 Å². The van der Waals surface area contributed by atoms with Crippen LogP contribution in [0.3, 0.4) is 0 Å². The predicted octanol–water partition coefficient (Wildman–Crippen LogP) is 1.69. The number of carboxylic acid groups (broad SMARTS) is 1. The molecule has 2 heterocycles. The van der Waals surface area contributed by atoms with Crippen LogP contribution in [0.1, 0.15) is 19.0 Å². The first-order chi connectivity index (χ1) is 9.99. The van der Waals surface area contributed by atoms with Crippen LogP contribution in [0.25, 0.3) is 11.0 Å². The zero-order chi connectivity index (χ0) is 15.0. The Morgan fingerprint density at radius 1 is 1.43 bits per heavy atom. The number of aromatic nitrogens is 1. The Morgan fingerprint density at radius 3 is 2.90 bits per heavy atom. The number of nitrogens with zero attached hydrogens (tertiary/aromatic N) is 2. The summed E-state index contributed by atoms with van der Waals surface area (Å²) < 4.78 is 5.18. The third-order valence-corrected chi connectivity index (χ3v) is 4.11. The number of carbonyl (C=O) groups excluding carboxylic acids is 1. The molecule has 3 rings (SSSR count). The number of fused-ring (bicyclic) bond motifs is 1. The van der Waals surface area contributed by atoms with E-state index in [1.165, 1.54) is 0 Å². The predicted molar refractivity (Wildman–Crippen MR) is 74.7 cm³/mol. The summed E-state index contributed by atoms with van der Waals surface area (Å²) in [5, 5.41) is 14.0. The van der Waals surface area contributed by atoms with Gasteiger partial charge in [-0.1, -0.05) is 17.3 Å². The van der Waals surface area contributed by atoms with Gasteiger partial charge >= 0.3 is 5.97 Å². The van der Waals surface area contributed by atoms with E-state index < -0.39 is 11.4 Å². The third kappa shape index (κ3) is 2.37. The second kappa shape index (κ2) is 4.87.